The highest BCUT2D eigenvalue weighted by atomic mass is 32.2. The quantitative estimate of drug-likeness (QED) is 0.624. The molecule has 2 N–H and O–H groups in total. The van der Waals surface area contributed by atoms with Gasteiger partial charge >= 0.3 is 5.97 Å². The van der Waals surface area contributed by atoms with E-state index in [4.69, 9.17) is 10.5 Å². The molecule has 20 heavy (non-hydrogen) atoms. The summed E-state index contributed by atoms with van der Waals surface area (Å²) in [4.78, 5) is 24.1. The zero-order valence-electron chi connectivity index (χ0n) is 11.7. The van der Waals surface area contributed by atoms with Crippen molar-refractivity contribution in [1.82, 2.24) is 4.90 Å². The maximum Gasteiger partial charge on any atom is 0.323 e. The van der Waals surface area contributed by atoms with Crippen LogP contribution in [0.1, 0.15) is 25.7 Å². The Morgan fingerprint density at radius 3 is 2.60 bits per heavy atom. The number of carbonyl (C=O) groups is 2. The fourth-order valence-electron chi connectivity index (χ4n) is 2.28. The fraction of sp³-hybridized carbons (Fsp3) is 0.833. The van der Waals surface area contributed by atoms with Crippen molar-refractivity contribution in [2.45, 2.75) is 31.7 Å². The van der Waals surface area contributed by atoms with E-state index in [0.29, 0.717) is 13.0 Å². The van der Waals surface area contributed by atoms with Crippen LogP contribution in [0.4, 0.5) is 0 Å². The molecule has 1 aliphatic rings. The van der Waals surface area contributed by atoms with Crippen LogP contribution in [0.2, 0.25) is 0 Å². The Kier molecular flexibility index (Phi) is 6.41. The zero-order chi connectivity index (χ0) is 15.2. The number of hydrogen-bond acceptors (Lipinski definition) is 6. The number of piperidine rings is 1. The first-order valence-corrected chi connectivity index (χ1v) is 8.48. The van der Waals surface area contributed by atoms with Crippen molar-refractivity contribution in [3.05, 3.63) is 0 Å². The van der Waals surface area contributed by atoms with Gasteiger partial charge in [0.1, 0.15) is 6.04 Å². The Labute approximate surface area is 119 Å². The van der Waals surface area contributed by atoms with Crippen LogP contribution in [0.25, 0.3) is 0 Å². The van der Waals surface area contributed by atoms with E-state index >= 15 is 0 Å². The molecule has 1 fully saturated rings. The molecule has 1 rings (SSSR count). The second kappa shape index (κ2) is 7.58. The van der Waals surface area contributed by atoms with Gasteiger partial charge in [0, 0.05) is 13.0 Å². The van der Waals surface area contributed by atoms with Gasteiger partial charge in [-0.3, -0.25) is 14.5 Å². The Bertz CT molecular complexity index is 449. The van der Waals surface area contributed by atoms with Crippen LogP contribution in [0, 0.1) is 0 Å². The number of rotatable bonds is 7. The first kappa shape index (κ1) is 16.9. The second-order valence-electron chi connectivity index (χ2n) is 4.94. The number of sulfone groups is 1. The predicted molar refractivity (Wildman–Crippen MR) is 73.7 cm³/mol. The van der Waals surface area contributed by atoms with Crippen LogP contribution < -0.4 is 5.73 Å². The van der Waals surface area contributed by atoms with Crippen LogP contribution >= 0.6 is 0 Å². The van der Waals surface area contributed by atoms with Gasteiger partial charge in [0.25, 0.3) is 0 Å². The van der Waals surface area contributed by atoms with Crippen LogP contribution in [-0.2, 0) is 24.2 Å². The van der Waals surface area contributed by atoms with Crippen molar-refractivity contribution in [3.8, 4) is 0 Å². The first-order valence-electron chi connectivity index (χ1n) is 6.66. The molecule has 1 saturated heterocycles. The number of carbonyl (C=O) groups excluding carboxylic acids is 2. The van der Waals surface area contributed by atoms with Crippen molar-refractivity contribution >= 4 is 21.7 Å². The Hall–Kier alpha value is -1.15. The molecule has 1 heterocycles. The molecule has 1 unspecified atom stereocenters. The molecule has 1 aliphatic heterocycles. The molecule has 0 aromatic carbocycles. The minimum atomic E-state index is -3.33. The molecule has 0 aromatic heterocycles. The lowest BCUT2D eigenvalue weighted by molar-refractivity contribution is -0.148. The fourth-order valence-corrected chi connectivity index (χ4v) is 3.51. The van der Waals surface area contributed by atoms with Crippen LogP contribution in [0.3, 0.4) is 0 Å². The molecule has 8 heteroatoms. The van der Waals surface area contributed by atoms with Gasteiger partial charge in [0.2, 0.25) is 5.91 Å². The first-order chi connectivity index (χ1) is 9.35. The lowest BCUT2D eigenvalue weighted by atomic mass is 10.0. The highest BCUT2D eigenvalue weighted by molar-refractivity contribution is 7.91. The maximum absolute atomic E-state index is 11.8. The number of hydrogen-bond donors (Lipinski definition) is 1. The maximum atomic E-state index is 11.8. The summed E-state index contributed by atoms with van der Waals surface area (Å²) < 4.78 is 28.3. The number of primary amides is 1. The molecule has 0 aromatic rings. The van der Waals surface area contributed by atoms with E-state index in [-0.39, 0.29) is 36.5 Å². The lowest BCUT2D eigenvalue weighted by Gasteiger charge is -2.33. The van der Waals surface area contributed by atoms with Gasteiger partial charge in [-0.1, -0.05) is 6.42 Å². The van der Waals surface area contributed by atoms with Crippen LogP contribution in [0.5, 0.6) is 0 Å². The molecule has 0 aliphatic carbocycles. The number of amides is 1. The van der Waals surface area contributed by atoms with Crippen molar-refractivity contribution in [2.24, 2.45) is 5.73 Å². The summed E-state index contributed by atoms with van der Waals surface area (Å²) in [5.41, 5.74) is 4.94. The number of esters is 1. The summed E-state index contributed by atoms with van der Waals surface area (Å²) in [6.45, 7) is 0.964. The van der Waals surface area contributed by atoms with E-state index in [0.717, 1.165) is 12.8 Å². The largest absolute Gasteiger partial charge is 0.468 e. The van der Waals surface area contributed by atoms with E-state index < -0.39 is 15.7 Å². The molecule has 0 bridgehead atoms. The number of nitrogens with zero attached hydrogens (tertiary/aromatic N) is 1. The molecular weight excluding hydrogens is 284 g/mol. The van der Waals surface area contributed by atoms with Crippen molar-refractivity contribution in [3.63, 3.8) is 0 Å². The van der Waals surface area contributed by atoms with E-state index in [1.807, 2.05) is 4.90 Å². The summed E-state index contributed by atoms with van der Waals surface area (Å²) >= 11 is 0. The SMILES string of the molecule is COC(=O)C1CCCCN1CCS(=O)(=O)CCC(N)=O. The van der Waals surface area contributed by atoms with Crippen molar-refractivity contribution in [2.75, 3.05) is 31.7 Å². The number of methoxy groups -OCH3 is 1. The number of likely N-dealkylation sites (tertiary alicyclic amines) is 1. The van der Waals surface area contributed by atoms with E-state index in [9.17, 15) is 18.0 Å². The Morgan fingerprint density at radius 2 is 2.00 bits per heavy atom. The summed E-state index contributed by atoms with van der Waals surface area (Å²) in [5, 5.41) is 0. The number of nitrogens with two attached hydrogens (primary N) is 1. The van der Waals surface area contributed by atoms with Gasteiger partial charge in [0.05, 0.1) is 18.6 Å². The molecule has 7 nitrogen and oxygen atoms in total. The highest BCUT2D eigenvalue weighted by Gasteiger charge is 2.30. The average Bonchev–Trinajstić information content (AvgIpc) is 2.43. The molecule has 0 radical (unpaired) electrons. The summed E-state index contributed by atoms with van der Waals surface area (Å²) in [5.74, 6) is -1.26. The molecule has 0 saturated carbocycles. The van der Waals surface area contributed by atoms with Crippen LogP contribution in [-0.4, -0.2) is 62.9 Å². The number of ether oxygens (including phenoxy) is 1. The van der Waals surface area contributed by atoms with Gasteiger partial charge in [0.15, 0.2) is 9.84 Å². The highest BCUT2D eigenvalue weighted by Crippen LogP contribution is 2.18. The van der Waals surface area contributed by atoms with E-state index in [1.54, 1.807) is 0 Å². The van der Waals surface area contributed by atoms with Gasteiger partial charge in [-0.05, 0) is 19.4 Å². The van der Waals surface area contributed by atoms with Gasteiger partial charge in [-0.2, -0.15) is 0 Å². The standard InChI is InChI=1S/C12H22N2O5S/c1-19-12(16)10-4-2-3-6-14(10)7-9-20(17,18)8-5-11(13)15/h10H,2-9H2,1H3,(H2,13,15). The van der Waals surface area contributed by atoms with Crippen molar-refractivity contribution < 1.29 is 22.7 Å². The molecule has 116 valence electrons. The third-order valence-electron chi connectivity index (χ3n) is 3.44. The molecule has 1 amide bonds. The van der Waals surface area contributed by atoms with Gasteiger partial charge in [-0.25, -0.2) is 8.42 Å². The second-order valence-corrected chi connectivity index (χ2v) is 7.24. The van der Waals surface area contributed by atoms with Crippen molar-refractivity contribution in [1.29, 1.82) is 0 Å². The summed E-state index contributed by atoms with van der Waals surface area (Å²) in [6.07, 6.45) is 2.40. The minimum absolute atomic E-state index is 0.0756. The normalized spacial score (nSPS) is 20.6. The smallest absolute Gasteiger partial charge is 0.323 e. The predicted octanol–water partition coefficient (Wildman–Crippen LogP) is -0.696. The van der Waals surface area contributed by atoms with E-state index in [2.05, 4.69) is 0 Å². The summed E-state index contributed by atoms with van der Waals surface area (Å²) in [7, 11) is -1.99. The molecule has 1 atom stereocenters. The topological polar surface area (TPSA) is 107 Å². The molecular formula is C12H22N2O5S. The zero-order valence-corrected chi connectivity index (χ0v) is 12.5. The minimum Gasteiger partial charge on any atom is -0.468 e. The third kappa shape index (κ3) is 5.46. The van der Waals surface area contributed by atoms with Gasteiger partial charge in [-0.15, -0.1) is 0 Å². The summed E-state index contributed by atoms with van der Waals surface area (Å²) in [6, 6.07) is -0.361. The third-order valence-corrected chi connectivity index (χ3v) is 5.07. The van der Waals surface area contributed by atoms with E-state index in [1.165, 1.54) is 7.11 Å². The Morgan fingerprint density at radius 1 is 1.30 bits per heavy atom. The molecule has 0 spiro atoms. The average molecular weight is 306 g/mol. The Balaban J connectivity index is 2.53. The van der Waals surface area contributed by atoms with Gasteiger partial charge < -0.3 is 10.5 Å². The van der Waals surface area contributed by atoms with Crippen LogP contribution in [0.15, 0.2) is 0 Å². The monoisotopic (exact) mass is 306 g/mol. The lowest BCUT2D eigenvalue weighted by Crippen LogP contribution is -2.47.